The molecule has 2 aliphatic rings. The van der Waals surface area contributed by atoms with Gasteiger partial charge in [0.1, 0.15) is 0 Å². The summed E-state index contributed by atoms with van der Waals surface area (Å²) in [7, 11) is 0. The van der Waals surface area contributed by atoms with Gasteiger partial charge in [-0.05, 0) is 47.0 Å². The first-order chi connectivity index (χ1) is 15.1. The van der Waals surface area contributed by atoms with Gasteiger partial charge in [-0.1, -0.05) is 30.3 Å². The van der Waals surface area contributed by atoms with Crippen molar-refractivity contribution in [1.82, 2.24) is 14.8 Å². The molecule has 160 valence electrons. The van der Waals surface area contributed by atoms with Crippen molar-refractivity contribution in [3.63, 3.8) is 0 Å². The van der Waals surface area contributed by atoms with E-state index in [1.807, 2.05) is 52.3 Å². The summed E-state index contributed by atoms with van der Waals surface area (Å²) in [6.45, 7) is 2.60. The fourth-order valence-electron chi connectivity index (χ4n) is 4.70. The molecule has 3 heterocycles. The lowest BCUT2D eigenvalue weighted by Crippen LogP contribution is -2.46. The number of rotatable bonds is 2. The highest BCUT2D eigenvalue weighted by molar-refractivity contribution is 9.10. The number of anilines is 1. The topological polar surface area (TPSA) is 68.4 Å². The van der Waals surface area contributed by atoms with Gasteiger partial charge >= 0.3 is 6.03 Å². The number of nitrogens with zero attached hydrogens (tertiary/aromatic N) is 2. The molecular weight excluding hydrogens is 456 g/mol. The third kappa shape index (κ3) is 3.94. The lowest BCUT2D eigenvalue weighted by molar-refractivity contribution is -0.137. The lowest BCUT2D eigenvalue weighted by Gasteiger charge is -2.35. The molecule has 6 nitrogen and oxygen atoms in total. The van der Waals surface area contributed by atoms with Crippen LogP contribution in [-0.4, -0.2) is 46.4 Å². The van der Waals surface area contributed by atoms with Crippen molar-refractivity contribution in [2.24, 2.45) is 5.92 Å². The van der Waals surface area contributed by atoms with E-state index in [4.69, 9.17) is 0 Å². The van der Waals surface area contributed by atoms with Crippen LogP contribution in [0.4, 0.5) is 10.5 Å². The zero-order valence-corrected chi connectivity index (χ0v) is 18.8. The first kappa shape index (κ1) is 20.1. The van der Waals surface area contributed by atoms with Crippen molar-refractivity contribution in [2.75, 3.05) is 25.0 Å². The average Bonchev–Trinajstić information content (AvgIpc) is 3.19. The summed E-state index contributed by atoms with van der Waals surface area (Å²) < 4.78 is 1.05. The average molecular weight is 481 g/mol. The van der Waals surface area contributed by atoms with Crippen LogP contribution < -0.4 is 5.32 Å². The molecule has 0 aliphatic carbocycles. The molecule has 1 fully saturated rings. The second-order valence-electron chi connectivity index (χ2n) is 8.31. The number of hydrogen-bond donors (Lipinski definition) is 2. The summed E-state index contributed by atoms with van der Waals surface area (Å²) in [5.41, 5.74) is 4.37. The van der Waals surface area contributed by atoms with Crippen LogP contribution in [0, 0.1) is 5.92 Å². The fourth-order valence-corrected chi connectivity index (χ4v) is 5.17. The Morgan fingerprint density at radius 3 is 2.52 bits per heavy atom. The van der Waals surface area contributed by atoms with Gasteiger partial charge in [0.2, 0.25) is 5.91 Å². The normalized spacial score (nSPS) is 16.9. The van der Waals surface area contributed by atoms with Crippen molar-refractivity contribution >= 4 is 44.5 Å². The summed E-state index contributed by atoms with van der Waals surface area (Å²) in [4.78, 5) is 33.1. The Morgan fingerprint density at radius 2 is 1.74 bits per heavy atom. The number of aromatic nitrogens is 1. The van der Waals surface area contributed by atoms with E-state index in [-0.39, 0.29) is 17.9 Å². The van der Waals surface area contributed by atoms with E-state index in [9.17, 15) is 9.59 Å². The van der Waals surface area contributed by atoms with Crippen LogP contribution >= 0.6 is 15.9 Å². The van der Waals surface area contributed by atoms with Gasteiger partial charge in [0.05, 0.1) is 5.52 Å². The monoisotopic (exact) mass is 480 g/mol. The number of urea groups is 1. The molecule has 31 heavy (non-hydrogen) atoms. The molecule has 3 amide bonds. The SMILES string of the molecule is O=C(Nc1ccccc1)N1CCC(C(=O)N2CCc3[nH]c4c(Br)cccc4c3C2)CC1. The van der Waals surface area contributed by atoms with Gasteiger partial charge in [0, 0.05) is 65.3 Å². The molecule has 2 aromatic carbocycles. The van der Waals surface area contributed by atoms with Gasteiger partial charge in [-0.15, -0.1) is 0 Å². The first-order valence-corrected chi connectivity index (χ1v) is 11.6. The number of fused-ring (bicyclic) bond motifs is 3. The summed E-state index contributed by atoms with van der Waals surface area (Å²) in [5.74, 6) is 0.206. The van der Waals surface area contributed by atoms with Crippen molar-refractivity contribution in [3.05, 3.63) is 64.3 Å². The Bertz CT molecular complexity index is 1120. The van der Waals surface area contributed by atoms with Crippen LogP contribution in [0.2, 0.25) is 0 Å². The van der Waals surface area contributed by atoms with Crippen molar-refractivity contribution in [3.8, 4) is 0 Å². The number of piperidine rings is 1. The van der Waals surface area contributed by atoms with E-state index in [1.165, 1.54) is 16.6 Å². The summed E-state index contributed by atoms with van der Waals surface area (Å²) >= 11 is 3.62. The number of hydrogen-bond acceptors (Lipinski definition) is 2. The van der Waals surface area contributed by atoms with Crippen molar-refractivity contribution < 1.29 is 9.59 Å². The molecule has 1 saturated heterocycles. The minimum Gasteiger partial charge on any atom is -0.357 e. The molecule has 0 saturated carbocycles. The van der Waals surface area contributed by atoms with E-state index < -0.39 is 0 Å². The highest BCUT2D eigenvalue weighted by Gasteiger charge is 2.32. The molecule has 2 N–H and O–H groups in total. The smallest absolute Gasteiger partial charge is 0.321 e. The molecule has 1 aromatic heterocycles. The molecular formula is C24H25BrN4O2. The number of para-hydroxylation sites is 2. The van der Waals surface area contributed by atoms with Crippen molar-refractivity contribution in [1.29, 1.82) is 0 Å². The van der Waals surface area contributed by atoms with E-state index in [2.05, 4.69) is 32.3 Å². The Balaban J connectivity index is 1.21. The first-order valence-electron chi connectivity index (χ1n) is 10.8. The molecule has 2 aliphatic heterocycles. The Morgan fingerprint density at radius 1 is 0.968 bits per heavy atom. The molecule has 0 spiro atoms. The van der Waals surface area contributed by atoms with Crippen LogP contribution in [0.15, 0.2) is 53.0 Å². The van der Waals surface area contributed by atoms with Gasteiger partial charge in [0.25, 0.3) is 0 Å². The standard InChI is InChI=1S/C24H25BrN4O2/c25-20-8-4-7-18-19-15-29(14-11-21(19)27-22(18)20)23(30)16-9-12-28(13-10-16)24(31)26-17-5-2-1-3-6-17/h1-8,16,27H,9-15H2,(H,26,31). The van der Waals surface area contributed by atoms with Gasteiger partial charge in [0.15, 0.2) is 0 Å². The number of nitrogens with one attached hydrogen (secondary N) is 2. The van der Waals surface area contributed by atoms with Gasteiger partial charge in [-0.3, -0.25) is 4.79 Å². The fraction of sp³-hybridized carbons (Fsp3) is 0.333. The minimum absolute atomic E-state index is 0.0146. The molecule has 0 bridgehead atoms. The number of halogens is 1. The summed E-state index contributed by atoms with van der Waals surface area (Å²) in [6, 6.07) is 15.6. The third-order valence-electron chi connectivity index (χ3n) is 6.43. The number of carbonyl (C=O) groups excluding carboxylic acids is 2. The largest absolute Gasteiger partial charge is 0.357 e. The highest BCUT2D eigenvalue weighted by Crippen LogP contribution is 2.33. The van der Waals surface area contributed by atoms with E-state index in [0.717, 1.165) is 28.6 Å². The number of aromatic amines is 1. The molecule has 3 aromatic rings. The van der Waals surface area contributed by atoms with E-state index >= 15 is 0 Å². The Kier molecular flexibility index (Phi) is 5.44. The van der Waals surface area contributed by atoms with Gasteiger partial charge < -0.3 is 20.1 Å². The van der Waals surface area contributed by atoms with Crippen LogP contribution in [0.5, 0.6) is 0 Å². The number of H-pyrrole nitrogens is 1. The highest BCUT2D eigenvalue weighted by atomic mass is 79.9. The number of benzene rings is 2. The minimum atomic E-state index is -0.0934. The lowest BCUT2D eigenvalue weighted by atomic mass is 9.94. The zero-order valence-electron chi connectivity index (χ0n) is 17.2. The number of likely N-dealkylation sites (tertiary alicyclic amines) is 1. The third-order valence-corrected chi connectivity index (χ3v) is 7.09. The van der Waals surface area contributed by atoms with Crippen LogP contribution in [-0.2, 0) is 17.8 Å². The van der Waals surface area contributed by atoms with Crippen LogP contribution in [0.1, 0.15) is 24.1 Å². The van der Waals surface area contributed by atoms with Gasteiger partial charge in [-0.2, -0.15) is 0 Å². The number of amides is 3. The zero-order chi connectivity index (χ0) is 21.4. The maximum Gasteiger partial charge on any atom is 0.321 e. The molecule has 5 rings (SSSR count). The summed E-state index contributed by atoms with van der Waals surface area (Å²) in [6.07, 6.45) is 2.27. The second kappa shape index (κ2) is 8.38. The molecule has 0 atom stereocenters. The number of carbonyl (C=O) groups is 2. The second-order valence-corrected chi connectivity index (χ2v) is 9.17. The maximum atomic E-state index is 13.2. The van der Waals surface area contributed by atoms with Crippen molar-refractivity contribution in [2.45, 2.75) is 25.8 Å². The van der Waals surface area contributed by atoms with Crippen LogP contribution in [0.3, 0.4) is 0 Å². The van der Waals surface area contributed by atoms with E-state index in [0.29, 0.717) is 32.5 Å². The van der Waals surface area contributed by atoms with Crippen LogP contribution in [0.25, 0.3) is 10.9 Å². The maximum absolute atomic E-state index is 13.2. The molecule has 0 unspecified atom stereocenters. The predicted octanol–water partition coefficient (Wildman–Crippen LogP) is 4.76. The predicted molar refractivity (Wildman–Crippen MR) is 125 cm³/mol. The quantitative estimate of drug-likeness (QED) is 0.555. The molecule has 0 radical (unpaired) electrons. The van der Waals surface area contributed by atoms with Gasteiger partial charge in [-0.25, -0.2) is 4.79 Å². The summed E-state index contributed by atoms with van der Waals surface area (Å²) in [5, 5.41) is 4.12. The molecule has 7 heteroatoms. The van der Waals surface area contributed by atoms with E-state index in [1.54, 1.807) is 0 Å². The Hall–Kier alpha value is -2.80. The Labute approximate surface area is 189 Å².